The van der Waals surface area contributed by atoms with E-state index in [9.17, 15) is 14.0 Å². The van der Waals surface area contributed by atoms with Gasteiger partial charge in [0.2, 0.25) is 0 Å². The van der Waals surface area contributed by atoms with Crippen LogP contribution < -0.4 is 10.2 Å². The number of halogens is 1. The van der Waals surface area contributed by atoms with Gasteiger partial charge in [-0.1, -0.05) is 0 Å². The minimum absolute atomic E-state index is 0.000934. The number of benzene rings is 1. The van der Waals surface area contributed by atoms with Gasteiger partial charge in [0.05, 0.1) is 0 Å². The quantitative estimate of drug-likeness (QED) is 0.904. The van der Waals surface area contributed by atoms with E-state index in [0.717, 1.165) is 6.33 Å². The van der Waals surface area contributed by atoms with Crippen LogP contribution in [-0.2, 0) is 0 Å². The number of amides is 2. The molecule has 0 radical (unpaired) electrons. The first-order chi connectivity index (χ1) is 10.5. The Labute approximate surface area is 125 Å². The molecule has 0 spiro atoms. The molecule has 0 fully saturated rings. The normalized spacial score (nSPS) is 10.1. The fraction of sp³-hybridized carbons (Fsp3) is 0.143. The SMILES string of the molecule is CCN(C(=O)c1cc(NC(=O)O)ncn1)c1ccc(F)cc1. The molecule has 8 heteroatoms. The van der Waals surface area contributed by atoms with Crippen molar-refractivity contribution in [3.05, 3.63) is 48.2 Å². The summed E-state index contributed by atoms with van der Waals surface area (Å²) in [6, 6.07) is 6.70. The maximum Gasteiger partial charge on any atom is 0.410 e. The zero-order valence-electron chi connectivity index (χ0n) is 11.7. The zero-order chi connectivity index (χ0) is 16.1. The topological polar surface area (TPSA) is 95.4 Å². The van der Waals surface area contributed by atoms with Gasteiger partial charge < -0.3 is 10.0 Å². The van der Waals surface area contributed by atoms with Gasteiger partial charge in [-0.2, -0.15) is 0 Å². The third kappa shape index (κ3) is 3.54. The van der Waals surface area contributed by atoms with Crippen molar-refractivity contribution >= 4 is 23.5 Å². The van der Waals surface area contributed by atoms with Crippen molar-refractivity contribution in [3.63, 3.8) is 0 Å². The third-order valence-electron chi connectivity index (χ3n) is 2.82. The van der Waals surface area contributed by atoms with Crippen LogP contribution in [0, 0.1) is 5.82 Å². The van der Waals surface area contributed by atoms with E-state index in [1.165, 1.54) is 35.2 Å². The van der Waals surface area contributed by atoms with Crippen molar-refractivity contribution in [2.24, 2.45) is 0 Å². The minimum Gasteiger partial charge on any atom is -0.465 e. The molecule has 2 N–H and O–H groups in total. The average Bonchev–Trinajstić information content (AvgIpc) is 2.49. The van der Waals surface area contributed by atoms with Gasteiger partial charge in [0.25, 0.3) is 5.91 Å². The maximum absolute atomic E-state index is 13.0. The van der Waals surface area contributed by atoms with E-state index >= 15 is 0 Å². The monoisotopic (exact) mass is 304 g/mol. The van der Waals surface area contributed by atoms with Crippen LogP contribution in [-0.4, -0.2) is 33.6 Å². The van der Waals surface area contributed by atoms with Gasteiger partial charge >= 0.3 is 6.09 Å². The summed E-state index contributed by atoms with van der Waals surface area (Å²) in [5.74, 6) is -0.840. The molecule has 0 aliphatic carbocycles. The molecule has 0 saturated heterocycles. The molecule has 1 heterocycles. The molecule has 2 amide bonds. The average molecular weight is 304 g/mol. The van der Waals surface area contributed by atoms with Gasteiger partial charge in [-0.05, 0) is 31.2 Å². The highest BCUT2D eigenvalue weighted by Gasteiger charge is 2.18. The molecule has 2 aromatic rings. The molecule has 114 valence electrons. The van der Waals surface area contributed by atoms with E-state index < -0.39 is 17.8 Å². The summed E-state index contributed by atoms with van der Waals surface area (Å²) in [5.41, 5.74) is 0.546. The molecule has 0 bridgehead atoms. The fourth-order valence-electron chi connectivity index (χ4n) is 1.85. The summed E-state index contributed by atoms with van der Waals surface area (Å²) in [7, 11) is 0. The minimum atomic E-state index is -1.29. The Balaban J connectivity index is 2.28. The lowest BCUT2D eigenvalue weighted by molar-refractivity contribution is 0.0983. The van der Waals surface area contributed by atoms with E-state index in [-0.39, 0.29) is 11.5 Å². The van der Waals surface area contributed by atoms with Crippen molar-refractivity contribution in [1.29, 1.82) is 0 Å². The molecular weight excluding hydrogens is 291 g/mol. The second-order valence-corrected chi connectivity index (χ2v) is 4.24. The number of hydrogen-bond donors (Lipinski definition) is 2. The van der Waals surface area contributed by atoms with Crippen LogP contribution in [0.5, 0.6) is 0 Å². The Kier molecular flexibility index (Phi) is 4.62. The highest BCUT2D eigenvalue weighted by atomic mass is 19.1. The second-order valence-electron chi connectivity index (χ2n) is 4.24. The van der Waals surface area contributed by atoms with Crippen molar-refractivity contribution in [1.82, 2.24) is 9.97 Å². The van der Waals surface area contributed by atoms with E-state index in [0.29, 0.717) is 12.2 Å². The number of carbonyl (C=O) groups is 2. The first-order valence-electron chi connectivity index (χ1n) is 6.40. The van der Waals surface area contributed by atoms with Crippen LogP contribution in [0.3, 0.4) is 0 Å². The molecule has 0 aliphatic rings. The highest BCUT2D eigenvalue weighted by molar-refractivity contribution is 6.05. The highest BCUT2D eigenvalue weighted by Crippen LogP contribution is 2.17. The van der Waals surface area contributed by atoms with E-state index in [1.54, 1.807) is 6.92 Å². The lowest BCUT2D eigenvalue weighted by atomic mass is 10.2. The predicted molar refractivity (Wildman–Crippen MR) is 77.4 cm³/mol. The predicted octanol–water partition coefficient (Wildman–Crippen LogP) is 2.37. The van der Waals surface area contributed by atoms with Gasteiger partial charge in [-0.25, -0.2) is 19.2 Å². The molecule has 0 unspecified atom stereocenters. The molecule has 0 saturated carbocycles. The third-order valence-corrected chi connectivity index (χ3v) is 2.82. The van der Waals surface area contributed by atoms with Crippen LogP contribution in [0.1, 0.15) is 17.4 Å². The number of nitrogens with zero attached hydrogens (tertiary/aromatic N) is 3. The molecule has 0 aliphatic heterocycles. The lowest BCUT2D eigenvalue weighted by Crippen LogP contribution is -2.31. The summed E-state index contributed by atoms with van der Waals surface area (Å²) in [6.07, 6.45) is -0.195. The van der Waals surface area contributed by atoms with Gasteiger partial charge in [0.1, 0.15) is 23.7 Å². The van der Waals surface area contributed by atoms with Gasteiger partial charge in [-0.15, -0.1) is 0 Å². The summed E-state index contributed by atoms with van der Waals surface area (Å²) in [5, 5.41) is 10.7. The van der Waals surface area contributed by atoms with Crippen molar-refractivity contribution in [2.75, 3.05) is 16.8 Å². The molecule has 0 atom stereocenters. The Morgan fingerprint density at radius 1 is 1.27 bits per heavy atom. The standard InChI is InChI=1S/C14H13FN4O3/c1-2-19(10-5-3-9(15)4-6-10)13(20)11-7-12(17-8-16-11)18-14(21)22/h3-8H,2H2,1H3,(H,21,22)(H,16,17,18). The Bertz CT molecular complexity index is 691. The summed E-state index contributed by atoms with van der Waals surface area (Å²) < 4.78 is 13.0. The summed E-state index contributed by atoms with van der Waals surface area (Å²) in [6.45, 7) is 2.11. The number of carbonyl (C=O) groups excluding carboxylic acids is 1. The first-order valence-corrected chi connectivity index (χ1v) is 6.40. The van der Waals surface area contributed by atoms with Crippen molar-refractivity contribution in [2.45, 2.75) is 6.92 Å². The number of carboxylic acid groups (broad SMARTS) is 1. The van der Waals surface area contributed by atoms with E-state index in [4.69, 9.17) is 5.11 Å². The number of aromatic nitrogens is 2. The molecule has 22 heavy (non-hydrogen) atoms. The van der Waals surface area contributed by atoms with E-state index in [2.05, 4.69) is 9.97 Å². The van der Waals surface area contributed by atoms with E-state index in [1.807, 2.05) is 5.32 Å². The van der Waals surface area contributed by atoms with Crippen LogP contribution in [0.4, 0.5) is 20.7 Å². The molecule has 2 rings (SSSR count). The first kappa shape index (κ1) is 15.4. The Morgan fingerprint density at radius 2 is 1.95 bits per heavy atom. The van der Waals surface area contributed by atoms with Crippen LogP contribution in [0.25, 0.3) is 0 Å². The number of anilines is 2. The molecule has 7 nitrogen and oxygen atoms in total. The lowest BCUT2D eigenvalue weighted by Gasteiger charge is -2.20. The smallest absolute Gasteiger partial charge is 0.410 e. The number of nitrogens with one attached hydrogen (secondary N) is 1. The fourth-order valence-corrected chi connectivity index (χ4v) is 1.85. The van der Waals surface area contributed by atoms with Crippen LogP contribution in [0.2, 0.25) is 0 Å². The van der Waals surface area contributed by atoms with Gasteiger partial charge in [0.15, 0.2) is 0 Å². The number of rotatable bonds is 4. The van der Waals surface area contributed by atoms with Crippen molar-refractivity contribution < 1.29 is 19.1 Å². The largest absolute Gasteiger partial charge is 0.465 e. The molecular formula is C14H13FN4O3. The Hall–Kier alpha value is -3.03. The maximum atomic E-state index is 13.0. The van der Waals surface area contributed by atoms with Gasteiger partial charge in [0, 0.05) is 18.3 Å². The second kappa shape index (κ2) is 6.61. The van der Waals surface area contributed by atoms with Crippen LogP contribution in [0.15, 0.2) is 36.7 Å². The molecule has 1 aromatic heterocycles. The zero-order valence-corrected chi connectivity index (χ0v) is 11.7. The van der Waals surface area contributed by atoms with Crippen molar-refractivity contribution in [3.8, 4) is 0 Å². The van der Waals surface area contributed by atoms with Crippen LogP contribution >= 0.6 is 0 Å². The number of hydrogen-bond acceptors (Lipinski definition) is 4. The van der Waals surface area contributed by atoms with Gasteiger partial charge in [-0.3, -0.25) is 10.1 Å². The molecule has 1 aromatic carbocycles. The summed E-state index contributed by atoms with van der Waals surface area (Å²) >= 11 is 0. The Morgan fingerprint density at radius 3 is 2.55 bits per heavy atom. The summed E-state index contributed by atoms with van der Waals surface area (Å²) in [4.78, 5) is 32.0.